The van der Waals surface area contributed by atoms with Crippen LogP contribution in [0.5, 0.6) is 0 Å². The van der Waals surface area contributed by atoms with Gasteiger partial charge in [-0.05, 0) is 13.3 Å². The van der Waals surface area contributed by atoms with Crippen molar-refractivity contribution in [3.8, 4) is 0 Å². The number of ether oxygens (including phenoxy) is 2. The fourth-order valence-corrected chi connectivity index (χ4v) is 0.712. The van der Waals surface area contributed by atoms with Gasteiger partial charge in [-0.15, -0.1) is 0 Å². The van der Waals surface area contributed by atoms with E-state index in [0.29, 0.717) is 13.2 Å². The van der Waals surface area contributed by atoms with Crippen LogP contribution in [0.25, 0.3) is 0 Å². The predicted octanol–water partition coefficient (Wildman–Crippen LogP) is 0.420. The van der Waals surface area contributed by atoms with Gasteiger partial charge in [-0.25, -0.2) is 0 Å². The highest BCUT2D eigenvalue weighted by Crippen LogP contribution is 1.96. The van der Waals surface area contributed by atoms with Gasteiger partial charge in [0.05, 0.1) is 12.7 Å². The van der Waals surface area contributed by atoms with Crippen LogP contribution in [0.1, 0.15) is 13.3 Å². The highest BCUT2D eigenvalue weighted by Gasteiger charge is 2.04. The number of aliphatic hydroxyl groups excluding tert-OH is 1. The molecule has 0 aliphatic carbocycles. The fraction of sp³-hybridized carbons (Fsp3) is 1.00. The predicted molar refractivity (Wildman–Crippen MR) is 39.0 cm³/mol. The first-order valence-electron chi connectivity index (χ1n) is 3.56. The van der Waals surface area contributed by atoms with E-state index in [4.69, 9.17) is 14.6 Å². The minimum atomic E-state index is -0.0510. The van der Waals surface area contributed by atoms with Crippen LogP contribution < -0.4 is 0 Å². The standard InChI is InChI=1S/C7H16O3/c1-3-10-7(6-8)4-5-9-2/h7-8H,3-6H2,1-2H3. The van der Waals surface area contributed by atoms with Gasteiger partial charge in [-0.2, -0.15) is 0 Å². The van der Waals surface area contributed by atoms with Gasteiger partial charge in [0.1, 0.15) is 0 Å². The van der Waals surface area contributed by atoms with Gasteiger partial charge in [0.2, 0.25) is 0 Å². The fourth-order valence-electron chi connectivity index (χ4n) is 0.712. The topological polar surface area (TPSA) is 38.7 Å². The number of aliphatic hydroxyl groups is 1. The van der Waals surface area contributed by atoms with Gasteiger partial charge in [-0.3, -0.25) is 0 Å². The van der Waals surface area contributed by atoms with Gasteiger partial charge in [0.15, 0.2) is 0 Å². The van der Waals surface area contributed by atoms with E-state index < -0.39 is 0 Å². The third-order valence-electron chi connectivity index (χ3n) is 1.25. The van der Waals surface area contributed by atoms with Gasteiger partial charge >= 0.3 is 0 Å². The molecule has 0 aliphatic rings. The molecule has 10 heavy (non-hydrogen) atoms. The molecule has 3 heteroatoms. The average molecular weight is 148 g/mol. The Balaban J connectivity index is 3.21. The quantitative estimate of drug-likeness (QED) is 0.593. The Labute approximate surface area is 62.0 Å². The zero-order valence-corrected chi connectivity index (χ0v) is 6.67. The van der Waals surface area contributed by atoms with E-state index in [1.807, 2.05) is 6.92 Å². The molecule has 0 aliphatic heterocycles. The Morgan fingerprint density at radius 1 is 1.50 bits per heavy atom. The minimum absolute atomic E-state index is 0.0510. The SMILES string of the molecule is CCOC(CO)CCOC. The summed E-state index contributed by atoms with van der Waals surface area (Å²) in [5.41, 5.74) is 0. The van der Waals surface area contributed by atoms with Crippen molar-refractivity contribution < 1.29 is 14.6 Å². The maximum atomic E-state index is 8.70. The third-order valence-corrected chi connectivity index (χ3v) is 1.25. The van der Waals surface area contributed by atoms with Crippen molar-refractivity contribution in [2.24, 2.45) is 0 Å². The number of rotatable bonds is 6. The second-order valence-corrected chi connectivity index (χ2v) is 2.04. The molecule has 0 amide bonds. The highest BCUT2D eigenvalue weighted by molar-refractivity contribution is 4.53. The van der Waals surface area contributed by atoms with Crippen molar-refractivity contribution in [2.45, 2.75) is 19.4 Å². The molecule has 0 spiro atoms. The summed E-state index contributed by atoms with van der Waals surface area (Å²) in [6, 6.07) is 0. The summed E-state index contributed by atoms with van der Waals surface area (Å²) >= 11 is 0. The summed E-state index contributed by atoms with van der Waals surface area (Å²) in [5.74, 6) is 0. The highest BCUT2D eigenvalue weighted by atomic mass is 16.5. The summed E-state index contributed by atoms with van der Waals surface area (Å²) in [6.07, 6.45) is 0.714. The van der Waals surface area contributed by atoms with Crippen molar-refractivity contribution >= 4 is 0 Å². The van der Waals surface area contributed by atoms with Crippen LogP contribution in [0, 0.1) is 0 Å². The Hall–Kier alpha value is -0.120. The van der Waals surface area contributed by atoms with E-state index >= 15 is 0 Å². The monoisotopic (exact) mass is 148 g/mol. The van der Waals surface area contributed by atoms with Crippen LogP contribution in [-0.4, -0.2) is 38.1 Å². The first kappa shape index (κ1) is 9.88. The summed E-state index contributed by atoms with van der Waals surface area (Å²) in [5, 5.41) is 8.70. The van der Waals surface area contributed by atoms with Crippen molar-refractivity contribution in [3.63, 3.8) is 0 Å². The van der Waals surface area contributed by atoms with Crippen molar-refractivity contribution in [1.29, 1.82) is 0 Å². The molecule has 0 heterocycles. The Bertz CT molecular complexity index is 65.9. The summed E-state index contributed by atoms with van der Waals surface area (Å²) < 4.78 is 9.99. The third kappa shape index (κ3) is 4.73. The molecule has 0 fully saturated rings. The molecule has 0 saturated heterocycles. The van der Waals surface area contributed by atoms with Crippen molar-refractivity contribution in [1.82, 2.24) is 0 Å². The molecule has 0 saturated carbocycles. The van der Waals surface area contributed by atoms with Gasteiger partial charge in [0.25, 0.3) is 0 Å². The van der Waals surface area contributed by atoms with Crippen LogP contribution in [0.3, 0.4) is 0 Å². The molecular formula is C7H16O3. The van der Waals surface area contributed by atoms with Gasteiger partial charge in [-0.1, -0.05) is 0 Å². The van der Waals surface area contributed by atoms with Crippen LogP contribution >= 0.6 is 0 Å². The van der Waals surface area contributed by atoms with E-state index in [1.54, 1.807) is 7.11 Å². The Morgan fingerprint density at radius 3 is 2.60 bits per heavy atom. The van der Waals surface area contributed by atoms with Gasteiger partial charge in [0, 0.05) is 20.3 Å². The lowest BCUT2D eigenvalue weighted by Gasteiger charge is -2.12. The normalized spacial score (nSPS) is 13.5. The van der Waals surface area contributed by atoms with Crippen LogP contribution in [0.2, 0.25) is 0 Å². The van der Waals surface area contributed by atoms with Crippen LogP contribution in [-0.2, 0) is 9.47 Å². The molecule has 0 aromatic carbocycles. The van der Waals surface area contributed by atoms with E-state index in [9.17, 15) is 0 Å². The Morgan fingerprint density at radius 2 is 2.20 bits per heavy atom. The molecule has 0 aromatic rings. The maximum absolute atomic E-state index is 8.70. The number of hydrogen-bond acceptors (Lipinski definition) is 3. The zero-order chi connectivity index (χ0) is 7.82. The van der Waals surface area contributed by atoms with E-state index in [1.165, 1.54) is 0 Å². The van der Waals surface area contributed by atoms with Crippen LogP contribution in [0.4, 0.5) is 0 Å². The summed E-state index contributed by atoms with van der Waals surface area (Å²) in [7, 11) is 1.64. The second kappa shape index (κ2) is 6.99. The largest absolute Gasteiger partial charge is 0.394 e. The molecule has 0 aromatic heterocycles. The molecule has 3 nitrogen and oxygen atoms in total. The lowest BCUT2D eigenvalue weighted by Crippen LogP contribution is -2.19. The molecule has 0 rings (SSSR count). The van der Waals surface area contributed by atoms with E-state index in [2.05, 4.69) is 0 Å². The smallest absolute Gasteiger partial charge is 0.0827 e. The van der Waals surface area contributed by atoms with E-state index in [0.717, 1.165) is 6.42 Å². The maximum Gasteiger partial charge on any atom is 0.0827 e. The molecule has 0 bridgehead atoms. The molecular weight excluding hydrogens is 132 g/mol. The molecule has 1 unspecified atom stereocenters. The molecule has 1 N–H and O–H groups in total. The van der Waals surface area contributed by atoms with Crippen molar-refractivity contribution in [2.75, 3.05) is 26.9 Å². The zero-order valence-electron chi connectivity index (χ0n) is 6.67. The lowest BCUT2D eigenvalue weighted by molar-refractivity contribution is 0.00113. The minimum Gasteiger partial charge on any atom is -0.394 e. The first-order valence-corrected chi connectivity index (χ1v) is 3.56. The number of hydrogen-bond donors (Lipinski definition) is 1. The molecule has 0 radical (unpaired) electrons. The summed E-state index contributed by atoms with van der Waals surface area (Å²) in [6.45, 7) is 3.28. The van der Waals surface area contributed by atoms with Crippen molar-refractivity contribution in [3.05, 3.63) is 0 Å². The lowest BCUT2D eigenvalue weighted by atomic mass is 10.3. The molecule has 62 valence electrons. The Kier molecular flexibility index (Phi) is 6.91. The van der Waals surface area contributed by atoms with Gasteiger partial charge < -0.3 is 14.6 Å². The first-order chi connectivity index (χ1) is 4.85. The second-order valence-electron chi connectivity index (χ2n) is 2.04. The van der Waals surface area contributed by atoms with Crippen LogP contribution in [0.15, 0.2) is 0 Å². The number of methoxy groups -OCH3 is 1. The summed E-state index contributed by atoms with van der Waals surface area (Å²) in [4.78, 5) is 0. The average Bonchev–Trinajstić information content (AvgIpc) is 1.98. The molecule has 1 atom stereocenters. The van der Waals surface area contributed by atoms with E-state index in [-0.39, 0.29) is 12.7 Å².